The molecule has 0 amide bonds. The van der Waals surface area contributed by atoms with E-state index in [2.05, 4.69) is 31.3 Å². The second kappa shape index (κ2) is 6.55. The highest BCUT2D eigenvalue weighted by atomic mass is 32.1. The SMILES string of the molecule is CCNC(c1ccc(CC)s1)C1CCCCC1. The fourth-order valence-electron chi connectivity index (χ4n) is 2.94. The molecule has 0 aliphatic heterocycles. The van der Waals surface area contributed by atoms with E-state index >= 15 is 0 Å². The number of hydrogen-bond donors (Lipinski definition) is 1. The Morgan fingerprint density at radius 3 is 2.59 bits per heavy atom. The second-order valence-electron chi connectivity index (χ2n) is 5.09. The Bertz CT molecular complexity index is 325. The molecule has 1 fully saturated rings. The van der Waals surface area contributed by atoms with Gasteiger partial charge in [-0.1, -0.05) is 33.1 Å². The first-order chi connectivity index (χ1) is 8.35. The highest BCUT2D eigenvalue weighted by Crippen LogP contribution is 2.37. The molecule has 1 nitrogen and oxygen atoms in total. The maximum Gasteiger partial charge on any atom is 0.0443 e. The van der Waals surface area contributed by atoms with Crippen molar-refractivity contribution in [1.29, 1.82) is 0 Å². The molecule has 1 unspecified atom stereocenters. The quantitative estimate of drug-likeness (QED) is 0.810. The van der Waals surface area contributed by atoms with Crippen LogP contribution >= 0.6 is 11.3 Å². The molecule has 96 valence electrons. The van der Waals surface area contributed by atoms with E-state index in [1.54, 1.807) is 4.88 Å². The number of rotatable bonds is 5. The van der Waals surface area contributed by atoms with Gasteiger partial charge in [-0.3, -0.25) is 0 Å². The van der Waals surface area contributed by atoms with Crippen LogP contribution in [0.3, 0.4) is 0 Å². The summed E-state index contributed by atoms with van der Waals surface area (Å²) in [6.45, 7) is 5.56. The summed E-state index contributed by atoms with van der Waals surface area (Å²) in [5.74, 6) is 0.868. The van der Waals surface area contributed by atoms with Crippen molar-refractivity contribution < 1.29 is 0 Å². The minimum atomic E-state index is 0.616. The van der Waals surface area contributed by atoms with Gasteiger partial charge in [0.1, 0.15) is 0 Å². The van der Waals surface area contributed by atoms with E-state index < -0.39 is 0 Å². The minimum Gasteiger partial charge on any atom is -0.309 e. The standard InChI is InChI=1S/C15H25NS/c1-3-13-10-11-14(17-13)15(16-4-2)12-8-6-5-7-9-12/h10-12,15-16H,3-9H2,1-2H3. The third-order valence-corrected chi connectivity index (χ3v) is 5.20. The van der Waals surface area contributed by atoms with Crippen molar-refractivity contribution in [3.8, 4) is 0 Å². The predicted octanol–water partition coefficient (Wildman–Crippen LogP) is 4.54. The van der Waals surface area contributed by atoms with E-state index in [0.29, 0.717) is 6.04 Å². The Balaban J connectivity index is 2.09. The average Bonchev–Trinajstić information content (AvgIpc) is 2.85. The van der Waals surface area contributed by atoms with Gasteiger partial charge in [0.2, 0.25) is 0 Å². The number of aryl methyl sites for hydroxylation is 1. The smallest absolute Gasteiger partial charge is 0.0443 e. The van der Waals surface area contributed by atoms with E-state index in [1.165, 1.54) is 43.4 Å². The fourth-order valence-corrected chi connectivity index (χ4v) is 4.06. The van der Waals surface area contributed by atoms with Crippen LogP contribution in [0.25, 0.3) is 0 Å². The lowest BCUT2D eigenvalue weighted by Gasteiger charge is -2.30. The summed E-state index contributed by atoms with van der Waals surface area (Å²) in [5, 5.41) is 3.72. The van der Waals surface area contributed by atoms with Gasteiger partial charge in [-0.2, -0.15) is 0 Å². The van der Waals surface area contributed by atoms with Crippen molar-refractivity contribution in [2.24, 2.45) is 5.92 Å². The van der Waals surface area contributed by atoms with Crippen molar-refractivity contribution in [3.63, 3.8) is 0 Å². The van der Waals surface area contributed by atoms with E-state index in [-0.39, 0.29) is 0 Å². The van der Waals surface area contributed by atoms with Gasteiger partial charge < -0.3 is 5.32 Å². The molecule has 2 heteroatoms. The highest BCUT2D eigenvalue weighted by molar-refractivity contribution is 7.12. The van der Waals surface area contributed by atoms with Gasteiger partial charge in [0.25, 0.3) is 0 Å². The van der Waals surface area contributed by atoms with Gasteiger partial charge in [-0.25, -0.2) is 0 Å². The molecule has 0 saturated heterocycles. The first kappa shape index (κ1) is 13.1. The van der Waals surface area contributed by atoms with Crippen molar-refractivity contribution in [2.45, 2.75) is 58.4 Å². The molecule has 1 aromatic rings. The van der Waals surface area contributed by atoms with E-state index in [9.17, 15) is 0 Å². The molecule has 1 heterocycles. The summed E-state index contributed by atoms with van der Waals surface area (Å²) < 4.78 is 0. The molecule has 0 radical (unpaired) electrons. The molecule has 17 heavy (non-hydrogen) atoms. The minimum absolute atomic E-state index is 0.616. The largest absolute Gasteiger partial charge is 0.309 e. The van der Waals surface area contributed by atoms with E-state index in [4.69, 9.17) is 0 Å². The van der Waals surface area contributed by atoms with Crippen LogP contribution in [-0.2, 0) is 6.42 Å². The molecule has 0 aromatic carbocycles. The zero-order valence-electron chi connectivity index (χ0n) is 11.2. The van der Waals surface area contributed by atoms with Crippen LogP contribution in [0.2, 0.25) is 0 Å². The Labute approximate surface area is 110 Å². The molecule has 0 spiro atoms. The van der Waals surface area contributed by atoms with Gasteiger partial charge in [0.15, 0.2) is 0 Å². The normalized spacial score (nSPS) is 19.4. The van der Waals surface area contributed by atoms with Gasteiger partial charge >= 0.3 is 0 Å². The Hall–Kier alpha value is -0.340. The van der Waals surface area contributed by atoms with Gasteiger partial charge in [0.05, 0.1) is 0 Å². The van der Waals surface area contributed by atoms with Crippen molar-refractivity contribution in [1.82, 2.24) is 5.32 Å². The molecular formula is C15H25NS. The third-order valence-electron chi connectivity index (χ3n) is 3.88. The van der Waals surface area contributed by atoms with E-state index in [0.717, 1.165) is 12.5 Å². The zero-order valence-corrected chi connectivity index (χ0v) is 12.0. The summed E-state index contributed by atoms with van der Waals surface area (Å²) >= 11 is 2.01. The molecule has 1 aromatic heterocycles. The van der Waals surface area contributed by atoms with Crippen LogP contribution in [0, 0.1) is 5.92 Å². The number of hydrogen-bond acceptors (Lipinski definition) is 2. The third kappa shape index (κ3) is 3.32. The molecule has 2 rings (SSSR count). The molecule has 1 N–H and O–H groups in total. The molecule has 1 saturated carbocycles. The Kier molecular flexibility index (Phi) is 5.05. The van der Waals surface area contributed by atoms with Gasteiger partial charge in [-0.15, -0.1) is 11.3 Å². The predicted molar refractivity (Wildman–Crippen MR) is 76.7 cm³/mol. The van der Waals surface area contributed by atoms with E-state index in [1.807, 2.05) is 11.3 Å². The summed E-state index contributed by atoms with van der Waals surface area (Å²) in [4.78, 5) is 3.09. The summed E-state index contributed by atoms with van der Waals surface area (Å²) in [6.07, 6.45) is 8.30. The monoisotopic (exact) mass is 251 g/mol. The second-order valence-corrected chi connectivity index (χ2v) is 6.29. The van der Waals surface area contributed by atoms with Crippen LogP contribution in [0.4, 0.5) is 0 Å². The van der Waals surface area contributed by atoms with Crippen molar-refractivity contribution >= 4 is 11.3 Å². The van der Waals surface area contributed by atoms with Gasteiger partial charge in [0, 0.05) is 15.8 Å². The van der Waals surface area contributed by atoms with Crippen LogP contribution in [0.5, 0.6) is 0 Å². The average molecular weight is 251 g/mol. The molecule has 1 aliphatic carbocycles. The van der Waals surface area contributed by atoms with Crippen LogP contribution in [-0.4, -0.2) is 6.54 Å². The van der Waals surface area contributed by atoms with Crippen LogP contribution < -0.4 is 5.32 Å². The van der Waals surface area contributed by atoms with Crippen molar-refractivity contribution in [3.05, 3.63) is 21.9 Å². The first-order valence-electron chi connectivity index (χ1n) is 7.17. The van der Waals surface area contributed by atoms with Crippen molar-refractivity contribution in [2.75, 3.05) is 6.54 Å². The maximum absolute atomic E-state index is 3.72. The molecule has 1 atom stereocenters. The first-order valence-corrected chi connectivity index (χ1v) is 7.98. The Morgan fingerprint density at radius 1 is 1.24 bits per heavy atom. The molecule has 1 aliphatic rings. The lowest BCUT2D eigenvalue weighted by Crippen LogP contribution is -2.28. The highest BCUT2D eigenvalue weighted by Gasteiger charge is 2.25. The number of thiophene rings is 1. The topological polar surface area (TPSA) is 12.0 Å². The summed E-state index contributed by atoms with van der Waals surface area (Å²) in [7, 11) is 0. The van der Waals surface area contributed by atoms with Crippen LogP contribution in [0.1, 0.15) is 61.7 Å². The fraction of sp³-hybridized carbons (Fsp3) is 0.733. The molecular weight excluding hydrogens is 226 g/mol. The number of nitrogens with one attached hydrogen (secondary N) is 1. The van der Waals surface area contributed by atoms with Gasteiger partial charge in [-0.05, 0) is 43.9 Å². The lowest BCUT2D eigenvalue weighted by atomic mass is 9.83. The summed E-state index contributed by atoms with van der Waals surface area (Å²) in [5.41, 5.74) is 0. The summed E-state index contributed by atoms with van der Waals surface area (Å²) in [6, 6.07) is 5.28. The maximum atomic E-state index is 3.72. The molecule has 0 bridgehead atoms. The van der Waals surface area contributed by atoms with Crippen LogP contribution in [0.15, 0.2) is 12.1 Å². The Morgan fingerprint density at radius 2 is 2.00 bits per heavy atom. The zero-order chi connectivity index (χ0) is 12.1. The lowest BCUT2D eigenvalue weighted by molar-refractivity contribution is 0.277.